The van der Waals surface area contributed by atoms with Crippen LogP contribution in [0.5, 0.6) is 5.75 Å². The topological polar surface area (TPSA) is 111 Å². The fraction of sp³-hybridized carbons (Fsp3) is 0.583. The number of anilines is 2. The number of nitrogens with zero attached hydrogens (tertiary/aromatic N) is 8. The molecule has 206 valence electrons. The summed E-state index contributed by atoms with van der Waals surface area (Å²) in [5.41, 5.74) is 6.42. The lowest BCUT2D eigenvalue weighted by atomic mass is 10.1. The zero-order chi connectivity index (χ0) is 26.6. The number of piperidine rings is 1. The number of thiol groups is 1. The third-order valence-electron chi connectivity index (χ3n) is 6.94. The molecule has 2 aromatic heterocycles. The molecular weight excluding hydrogens is 516 g/mol. The van der Waals surface area contributed by atoms with Crippen LogP contribution in [0.3, 0.4) is 0 Å². The van der Waals surface area contributed by atoms with Crippen LogP contribution in [-0.2, 0) is 4.74 Å². The first-order valence-electron chi connectivity index (χ1n) is 12.8. The van der Waals surface area contributed by atoms with Gasteiger partial charge in [-0.3, -0.25) is 8.87 Å². The van der Waals surface area contributed by atoms with Gasteiger partial charge in [0, 0.05) is 38.8 Å². The molecule has 0 atom stereocenters. The van der Waals surface area contributed by atoms with Crippen molar-refractivity contribution in [2.24, 2.45) is 5.73 Å². The van der Waals surface area contributed by atoms with Gasteiger partial charge in [-0.1, -0.05) is 18.9 Å². The second-order valence-corrected chi connectivity index (χ2v) is 9.81. The molecule has 0 radical (unpaired) electrons. The lowest BCUT2D eigenvalue weighted by Gasteiger charge is -2.36. The monoisotopic (exact) mass is 549 g/mol. The largest absolute Gasteiger partial charge is 0.494 e. The van der Waals surface area contributed by atoms with Crippen molar-refractivity contribution in [3.63, 3.8) is 0 Å². The van der Waals surface area contributed by atoms with E-state index in [1.54, 1.807) is 18.2 Å². The Morgan fingerprint density at radius 1 is 1.05 bits per heavy atom. The Bertz CT molecular complexity index is 1230. The Labute approximate surface area is 225 Å². The summed E-state index contributed by atoms with van der Waals surface area (Å²) < 4.78 is 42.8. The van der Waals surface area contributed by atoms with Gasteiger partial charge in [-0.15, -0.1) is 0 Å². The minimum atomic E-state index is -2.84. The van der Waals surface area contributed by atoms with Gasteiger partial charge in [-0.05, 0) is 37.9 Å². The van der Waals surface area contributed by atoms with E-state index in [-0.39, 0.29) is 5.95 Å². The first-order valence-corrected chi connectivity index (χ1v) is 13.2. The molecule has 5 rings (SSSR count). The normalized spacial score (nSPS) is 17.2. The fourth-order valence-electron chi connectivity index (χ4n) is 4.90. The highest BCUT2D eigenvalue weighted by Crippen LogP contribution is 2.33. The zero-order valence-electron chi connectivity index (χ0n) is 21.3. The number of rotatable bonds is 9. The quantitative estimate of drug-likeness (QED) is 0.386. The number of ether oxygens (including phenoxy) is 2. The maximum absolute atomic E-state index is 14.3. The first-order chi connectivity index (χ1) is 18.5. The number of fused-ring (bicyclic) bond motifs is 1. The van der Waals surface area contributed by atoms with Crippen LogP contribution in [-0.4, -0.2) is 94.4 Å². The van der Waals surface area contributed by atoms with Crippen LogP contribution in [0.25, 0.3) is 17.0 Å². The molecule has 14 heteroatoms. The SMILES string of the molecule is COc1cccc2c1nc(C(F)F)n2-c1nc(N2CCOCC2)nc(N2CCC(N(S)CCCN)CC2)n1. The fourth-order valence-corrected chi connectivity index (χ4v) is 5.27. The Morgan fingerprint density at radius 2 is 1.71 bits per heavy atom. The Morgan fingerprint density at radius 3 is 2.34 bits per heavy atom. The third kappa shape index (κ3) is 5.48. The summed E-state index contributed by atoms with van der Waals surface area (Å²) >= 11 is 4.66. The standard InChI is InChI=1S/C24H33F2N9O2S/c1-36-18-5-2-4-17-19(18)28-21(20(25)26)35(17)24-30-22(29-23(31-24)33-12-14-37-15-13-33)32-10-6-16(7-11-32)34(38)9-3-8-27/h2,4-5,16,20,38H,3,6-15,27H2,1H3. The molecule has 0 bridgehead atoms. The van der Waals surface area contributed by atoms with Crippen molar-refractivity contribution >= 4 is 35.7 Å². The van der Waals surface area contributed by atoms with Gasteiger partial charge in [0.15, 0.2) is 5.82 Å². The van der Waals surface area contributed by atoms with Gasteiger partial charge in [0.2, 0.25) is 17.8 Å². The van der Waals surface area contributed by atoms with Gasteiger partial charge >= 0.3 is 0 Å². The predicted molar refractivity (Wildman–Crippen MR) is 144 cm³/mol. The summed E-state index contributed by atoms with van der Waals surface area (Å²) in [4.78, 5) is 22.4. The lowest BCUT2D eigenvalue weighted by Crippen LogP contribution is -2.43. The number of hydrogen-bond acceptors (Lipinski definition) is 11. The summed E-state index contributed by atoms with van der Waals surface area (Å²) in [6.45, 7) is 5.14. The van der Waals surface area contributed by atoms with Crippen molar-refractivity contribution in [2.45, 2.75) is 31.7 Å². The van der Waals surface area contributed by atoms with Crippen molar-refractivity contribution in [1.29, 1.82) is 0 Å². The maximum atomic E-state index is 14.3. The van der Waals surface area contributed by atoms with E-state index in [9.17, 15) is 8.78 Å². The summed E-state index contributed by atoms with van der Waals surface area (Å²) in [6.07, 6.45) is -0.213. The highest BCUT2D eigenvalue weighted by molar-refractivity contribution is 7.77. The van der Waals surface area contributed by atoms with Crippen LogP contribution < -0.4 is 20.3 Å². The minimum Gasteiger partial charge on any atom is -0.494 e. The molecule has 11 nitrogen and oxygen atoms in total. The average molecular weight is 550 g/mol. The molecule has 3 aromatic rings. The van der Waals surface area contributed by atoms with E-state index >= 15 is 0 Å². The number of para-hydroxylation sites is 1. The van der Waals surface area contributed by atoms with Crippen molar-refractivity contribution < 1.29 is 18.3 Å². The molecule has 38 heavy (non-hydrogen) atoms. The third-order valence-corrected chi connectivity index (χ3v) is 7.47. The average Bonchev–Trinajstić information content (AvgIpc) is 3.36. The first kappa shape index (κ1) is 26.8. The molecule has 2 saturated heterocycles. The van der Waals surface area contributed by atoms with E-state index in [1.807, 2.05) is 4.90 Å². The van der Waals surface area contributed by atoms with Gasteiger partial charge in [0.1, 0.15) is 11.3 Å². The number of morpholine rings is 1. The van der Waals surface area contributed by atoms with Crippen molar-refractivity contribution in [2.75, 3.05) is 69.4 Å². The summed E-state index contributed by atoms with van der Waals surface area (Å²) in [5.74, 6) is 0.938. The molecule has 0 amide bonds. The molecule has 2 fully saturated rings. The number of imidazole rings is 1. The number of nitrogens with two attached hydrogens (primary N) is 1. The van der Waals surface area contributed by atoms with Crippen molar-refractivity contribution in [3.8, 4) is 11.7 Å². The molecule has 0 aliphatic carbocycles. The number of methoxy groups -OCH3 is 1. The number of hydrogen-bond donors (Lipinski definition) is 2. The molecule has 0 spiro atoms. The summed E-state index contributed by atoms with van der Waals surface area (Å²) in [7, 11) is 1.49. The molecular formula is C24H33F2N9O2S. The molecule has 0 unspecified atom stereocenters. The Balaban J connectivity index is 1.54. The highest BCUT2D eigenvalue weighted by atomic mass is 32.1. The van der Waals surface area contributed by atoms with E-state index in [2.05, 4.69) is 32.0 Å². The van der Waals surface area contributed by atoms with E-state index in [0.29, 0.717) is 80.7 Å². The molecule has 1 aromatic carbocycles. The Hall–Kier alpha value is -2.81. The van der Waals surface area contributed by atoms with Crippen LogP contribution in [0, 0.1) is 0 Å². The maximum Gasteiger partial charge on any atom is 0.296 e. The van der Waals surface area contributed by atoms with Gasteiger partial charge < -0.3 is 25.0 Å². The molecule has 4 heterocycles. The number of alkyl halides is 2. The predicted octanol–water partition coefficient (Wildman–Crippen LogP) is 2.46. The number of halogens is 2. The molecule has 2 aliphatic rings. The molecule has 2 N–H and O–H groups in total. The Kier molecular flexibility index (Phi) is 8.41. The molecule has 0 saturated carbocycles. The summed E-state index contributed by atoms with van der Waals surface area (Å²) in [5, 5.41) is 0. The second-order valence-electron chi connectivity index (χ2n) is 9.29. The van der Waals surface area contributed by atoms with Crippen LogP contribution in [0.4, 0.5) is 20.7 Å². The zero-order valence-corrected chi connectivity index (χ0v) is 22.2. The van der Waals surface area contributed by atoms with Crippen LogP contribution in [0.15, 0.2) is 18.2 Å². The van der Waals surface area contributed by atoms with E-state index in [4.69, 9.17) is 25.2 Å². The lowest BCUT2D eigenvalue weighted by molar-refractivity contribution is 0.122. The van der Waals surface area contributed by atoms with Gasteiger partial charge in [0.25, 0.3) is 6.43 Å². The molecule has 2 aliphatic heterocycles. The van der Waals surface area contributed by atoms with Crippen molar-refractivity contribution in [3.05, 3.63) is 24.0 Å². The van der Waals surface area contributed by atoms with Crippen LogP contribution >= 0.6 is 12.8 Å². The highest BCUT2D eigenvalue weighted by Gasteiger charge is 2.29. The second kappa shape index (κ2) is 11.9. The van der Waals surface area contributed by atoms with E-state index < -0.39 is 12.2 Å². The summed E-state index contributed by atoms with van der Waals surface area (Å²) in [6, 6.07) is 5.45. The smallest absolute Gasteiger partial charge is 0.296 e. The van der Waals surface area contributed by atoms with E-state index in [0.717, 1.165) is 25.8 Å². The van der Waals surface area contributed by atoms with Crippen LogP contribution in [0.1, 0.15) is 31.5 Å². The number of benzene rings is 1. The van der Waals surface area contributed by atoms with Gasteiger partial charge in [-0.25, -0.2) is 13.8 Å². The number of aromatic nitrogens is 5. The van der Waals surface area contributed by atoms with Crippen LogP contribution in [0.2, 0.25) is 0 Å². The van der Waals surface area contributed by atoms with Gasteiger partial charge in [-0.2, -0.15) is 15.0 Å². The van der Waals surface area contributed by atoms with Crippen molar-refractivity contribution in [1.82, 2.24) is 28.8 Å². The minimum absolute atomic E-state index is 0.100. The van der Waals surface area contributed by atoms with Gasteiger partial charge in [0.05, 0.1) is 25.8 Å². The van der Waals surface area contributed by atoms with E-state index in [1.165, 1.54) is 11.7 Å².